The molecule has 1 fully saturated rings. The minimum Gasteiger partial charge on any atom is -0.354 e. The zero-order chi connectivity index (χ0) is 17.4. The van der Waals surface area contributed by atoms with Gasteiger partial charge in [0.25, 0.3) is 0 Å². The highest BCUT2D eigenvalue weighted by Crippen LogP contribution is 2.28. The van der Waals surface area contributed by atoms with Crippen LogP contribution >= 0.6 is 11.6 Å². The van der Waals surface area contributed by atoms with Crippen LogP contribution in [-0.4, -0.2) is 38.1 Å². The molecule has 7 heteroatoms. The van der Waals surface area contributed by atoms with Crippen LogP contribution in [0.1, 0.15) is 25.8 Å². The number of anilines is 1. The van der Waals surface area contributed by atoms with Crippen molar-refractivity contribution in [1.29, 1.82) is 0 Å². The van der Waals surface area contributed by atoms with Gasteiger partial charge in [0.15, 0.2) is 17.0 Å². The summed E-state index contributed by atoms with van der Waals surface area (Å²) in [5, 5.41) is 9.40. The number of nitrogens with zero attached hydrogens (tertiary/aromatic N) is 6. The molecular weight excluding hydrogens is 336 g/mol. The fourth-order valence-electron chi connectivity index (χ4n) is 3.74. The molecule has 2 aromatic heterocycles. The first kappa shape index (κ1) is 16.3. The molecule has 1 aromatic carbocycles. The van der Waals surface area contributed by atoms with Crippen LogP contribution in [-0.2, 0) is 6.54 Å². The molecule has 0 bridgehead atoms. The van der Waals surface area contributed by atoms with E-state index in [4.69, 9.17) is 11.6 Å². The minimum atomic E-state index is 0.541. The Balaban J connectivity index is 1.70. The maximum Gasteiger partial charge on any atom is 0.184 e. The molecule has 0 saturated carbocycles. The largest absolute Gasteiger partial charge is 0.354 e. The van der Waals surface area contributed by atoms with Crippen LogP contribution in [0, 0.1) is 11.8 Å². The van der Waals surface area contributed by atoms with Crippen molar-refractivity contribution in [2.75, 3.05) is 18.0 Å². The Morgan fingerprint density at radius 1 is 1.12 bits per heavy atom. The van der Waals surface area contributed by atoms with E-state index >= 15 is 0 Å². The van der Waals surface area contributed by atoms with Crippen LogP contribution in [0.5, 0.6) is 0 Å². The van der Waals surface area contributed by atoms with E-state index in [-0.39, 0.29) is 0 Å². The van der Waals surface area contributed by atoms with E-state index in [1.165, 1.54) is 6.42 Å². The lowest BCUT2D eigenvalue weighted by Crippen LogP contribution is -2.39. The normalized spacial score (nSPS) is 21.0. The van der Waals surface area contributed by atoms with Gasteiger partial charge in [-0.2, -0.15) is 0 Å². The van der Waals surface area contributed by atoms with E-state index < -0.39 is 0 Å². The second-order valence-electron chi connectivity index (χ2n) is 7.06. The van der Waals surface area contributed by atoms with Gasteiger partial charge in [0.1, 0.15) is 6.33 Å². The predicted octanol–water partition coefficient (Wildman–Crippen LogP) is 3.41. The van der Waals surface area contributed by atoms with Crippen LogP contribution in [0.2, 0.25) is 5.02 Å². The molecule has 0 unspecified atom stereocenters. The zero-order valence-corrected chi connectivity index (χ0v) is 15.2. The number of aromatic nitrogens is 5. The van der Waals surface area contributed by atoms with E-state index in [0.717, 1.165) is 40.7 Å². The Bertz CT molecular complexity index is 882. The summed E-state index contributed by atoms with van der Waals surface area (Å²) in [5.41, 5.74) is 2.50. The average molecular weight is 357 g/mol. The lowest BCUT2D eigenvalue weighted by atomic mass is 9.92. The van der Waals surface area contributed by atoms with Crippen molar-refractivity contribution in [3.05, 3.63) is 41.2 Å². The summed E-state index contributed by atoms with van der Waals surface area (Å²) in [6.07, 6.45) is 2.86. The Labute approximate surface area is 151 Å². The third kappa shape index (κ3) is 3.18. The predicted molar refractivity (Wildman–Crippen MR) is 98.8 cm³/mol. The van der Waals surface area contributed by atoms with Gasteiger partial charge in [-0.3, -0.25) is 0 Å². The summed E-state index contributed by atoms with van der Waals surface area (Å²) >= 11 is 6.27. The number of fused-ring (bicyclic) bond motifs is 1. The fourth-order valence-corrected chi connectivity index (χ4v) is 3.94. The van der Waals surface area contributed by atoms with Gasteiger partial charge in [0, 0.05) is 18.1 Å². The summed E-state index contributed by atoms with van der Waals surface area (Å²) in [6, 6.07) is 7.76. The number of rotatable bonds is 3. The van der Waals surface area contributed by atoms with E-state index in [0.29, 0.717) is 18.4 Å². The highest BCUT2D eigenvalue weighted by Gasteiger charge is 2.25. The van der Waals surface area contributed by atoms with E-state index in [9.17, 15) is 0 Å². The third-order valence-electron chi connectivity index (χ3n) is 4.73. The van der Waals surface area contributed by atoms with Gasteiger partial charge in [-0.05, 0) is 29.9 Å². The zero-order valence-electron chi connectivity index (χ0n) is 14.4. The quantitative estimate of drug-likeness (QED) is 0.719. The molecule has 130 valence electrons. The van der Waals surface area contributed by atoms with Crippen LogP contribution in [0.4, 0.5) is 5.82 Å². The lowest BCUT2D eigenvalue weighted by Gasteiger charge is -2.35. The standard InChI is InChI=1S/C18H21ClN6/c1-12-7-13(2)9-24(8-12)17-16-18(21-11-20-17)25(23-22-16)10-14-5-3-4-6-15(14)19/h3-6,11-13H,7-10H2,1-2H3/t12-,13+. The first-order valence-electron chi connectivity index (χ1n) is 8.64. The van der Waals surface area contributed by atoms with Crippen molar-refractivity contribution in [2.45, 2.75) is 26.8 Å². The molecule has 0 aliphatic carbocycles. The van der Waals surface area contributed by atoms with Crippen LogP contribution < -0.4 is 4.90 Å². The number of hydrogen-bond acceptors (Lipinski definition) is 5. The second-order valence-corrected chi connectivity index (χ2v) is 7.47. The molecule has 0 radical (unpaired) electrons. The third-order valence-corrected chi connectivity index (χ3v) is 5.10. The highest BCUT2D eigenvalue weighted by molar-refractivity contribution is 6.31. The molecule has 25 heavy (non-hydrogen) atoms. The Morgan fingerprint density at radius 2 is 1.88 bits per heavy atom. The molecule has 1 aliphatic heterocycles. The van der Waals surface area contributed by atoms with Crippen molar-refractivity contribution in [3.63, 3.8) is 0 Å². The van der Waals surface area contributed by atoms with Crippen molar-refractivity contribution in [2.24, 2.45) is 11.8 Å². The topological polar surface area (TPSA) is 59.7 Å². The van der Waals surface area contributed by atoms with Gasteiger partial charge >= 0.3 is 0 Å². The smallest absolute Gasteiger partial charge is 0.184 e. The van der Waals surface area contributed by atoms with Gasteiger partial charge in [0.2, 0.25) is 0 Å². The molecule has 0 spiro atoms. The molecule has 2 atom stereocenters. The van der Waals surface area contributed by atoms with E-state index in [1.807, 2.05) is 24.3 Å². The molecular formula is C18H21ClN6. The minimum absolute atomic E-state index is 0.541. The summed E-state index contributed by atoms with van der Waals surface area (Å²) in [5.74, 6) is 2.17. The fraction of sp³-hybridized carbons (Fsp3) is 0.444. The lowest BCUT2D eigenvalue weighted by molar-refractivity contribution is 0.355. The Kier molecular flexibility index (Phi) is 4.29. The Hall–Kier alpha value is -2.21. The number of piperidine rings is 1. The number of benzene rings is 1. The van der Waals surface area contributed by atoms with Crippen molar-refractivity contribution >= 4 is 28.6 Å². The monoisotopic (exact) mass is 356 g/mol. The number of halogens is 1. The average Bonchev–Trinajstić information content (AvgIpc) is 2.99. The van der Waals surface area contributed by atoms with Gasteiger partial charge in [-0.1, -0.05) is 48.9 Å². The van der Waals surface area contributed by atoms with Gasteiger partial charge in [0.05, 0.1) is 6.54 Å². The highest BCUT2D eigenvalue weighted by atomic mass is 35.5. The molecule has 1 saturated heterocycles. The molecule has 3 heterocycles. The molecule has 4 rings (SSSR count). The van der Waals surface area contributed by atoms with Gasteiger partial charge < -0.3 is 4.90 Å². The van der Waals surface area contributed by atoms with Crippen molar-refractivity contribution in [3.8, 4) is 0 Å². The van der Waals surface area contributed by atoms with Crippen molar-refractivity contribution in [1.82, 2.24) is 25.0 Å². The maximum atomic E-state index is 6.27. The first-order chi connectivity index (χ1) is 12.1. The second kappa shape index (κ2) is 6.59. The van der Waals surface area contributed by atoms with Crippen LogP contribution in [0.15, 0.2) is 30.6 Å². The maximum absolute atomic E-state index is 6.27. The molecule has 0 N–H and O–H groups in total. The molecule has 0 amide bonds. The van der Waals surface area contributed by atoms with E-state index in [1.54, 1.807) is 11.0 Å². The van der Waals surface area contributed by atoms with Gasteiger partial charge in [-0.15, -0.1) is 5.10 Å². The Morgan fingerprint density at radius 3 is 2.64 bits per heavy atom. The van der Waals surface area contributed by atoms with Gasteiger partial charge in [-0.25, -0.2) is 14.6 Å². The number of hydrogen-bond donors (Lipinski definition) is 0. The van der Waals surface area contributed by atoms with Crippen LogP contribution in [0.25, 0.3) is 11.2 Å². The first-order valence-corrected chi connectivity index (χ1v) is 9.02. The van der Waals surface area contributed by atoms with Crippen LogP contribution in [0.3, 0.4) is 0 Å². The SMILES string of the molecule is C[C@@H]1C[C@H](C)CN(c2ncnc3c2nnn3Cc2ccccc2Cl)C1. The summed E-state index contributed by atoms with van der Waals surface area (Å²) in [7, 11) is 0. The summed E-state index contributed by atoms with van der Waals surface area (Å²) in [6.45, 7) is 7.10. The van der Waals surface area contributed by atoms with E-state index in [2.05, 4.69) is 39.0 Å². The molecule has 1 aliphatic rings. The summed E-state index contributed by atoms with van der Waals surface area (Å²) < 4.78 is 1.79. The molecule has 3 aromatic rings. The van der Waals surface area contributed by atoms with Crippen molar-refractivity contribution < 1.29 is 0 Å². The summed E-state index contributed by atoms with van der Waals surface area (Å²) in [4.78, 5) is 11.2. The molecule has 6 nitrogen and oxygen atoms in total.